The third-order valence-electron chi connectivity index (χ3n) is 6.06. The van der Waals surface area contributed by atoms with Crippen molar-refractivity contribution in [2.75, 3.05) is 25.0 Å². The lowest BCUT2D eigenvalue weighted by Gasteiger charge is -2.42. The molecule has 152 valence electrons. The number of benzene rings is 1. The molecule has 4 rings (SSSR count). The van der Waals surface area contributed by atoms with E-state index in [1.165, 1.54) is 6.20 Å². The van der Waals surface area contributed by atoms with Crippen LogP contribution in [0.5, 0.6) is 6.01 Å². The Morgan fingerprint density at radius 3 is 2.62 bits per heavy atom. The zero-order valence-electron chi connectivity index (χ0n) is 16.5. The molecule has 2 aliphatic heterocycles. The molecule has 29 heavy (non-hydrogen) atoms. The molecule has 1 unspecified atom stereocenters. The van der Waals surface area contributed by atoms with Crippen LogP contribution in [-0.2, 0) is 6.54 Å². The molecule has 1 saturated heterocycles. The van der Waals surface area contributed by atoms with Crippen molar-refractivity contribution in [1.82, 2.24) is 14.9 Å². The molecule has 0 bridgehead atoms. The van der Waals surface area contributed by atoms with E-state index >= 15 is 0 Å². The fourth-order valence-electron chi connectivity index (χ4n) is 4.69. The summed E-state index contributed by atoms with van der Waals surface area (Å²) in [6, 6.07) is 10.3. The fourth-order valence-corrected chi connectivity index (χ4v) is 4.69. The number of fused-ring (bicyclic) bond motifs is 1. The molecule has 0 aliphatic carbocycles. The number of rotatable bonds is 5. The van der Waals surface area contributed by atoms with E-state index in [-0.39, 0.29) is 11.9 Å². The Kier molecular flexibility index (Phi) is 4.88. The largest absolute Gasteiger partial charge is 0.436 e. The van der Waals surface area contributed by atoms with Gasteiger partial charge in [0, 0.05) is 23.8 Å². The lowest BCUT2D eigenvalue weighted by molar-refractivity contribution is -0.389. The monoisotopic (exact) mass is 396 g/mol. The van der Waals surface area contributed by atoms with E-state index in [0.29, 0.717) is 24.0 Å². The molecule has 2 aromatic rings. The SMILES string of the molecule is CNC(C1CCN(c2ccc(C#N)cc2)CC1)[C@]1(C)Cn2cc([N+](=O)[O-])nc2O1. The summed E-state index contributed by atoms with van der Waals surface area (Å²) in [6.45, 7) is 4.44. The Balaban J connectivity index is 1.42. The van der Waals surface area contributed by atoms with Crippen molar-refractivity contribution >= 4 is 11.5 Å². The van der Waals surface area contributed by atoms with E-state index in [9.17, 15) is 10.1 Å². The zero-order chi connectivity index (χ0) is 20.6. The van der Waals surface area contributed by atoms with E-state index in [1.54, 1.807) is 4.57 Å². The number of aromatic nitrogens is 2. The van der Waals surface area contributed by atoms with E-state index in [1.807, 2.05) is 38.2 Å². The van der Waals surface area contributed by atoms with Crippen LogP contribution in [0, 0.1) is 27.4 Å². The van der Waals surface area contributed by atoms with Crippen LogP contribution in [0.4, 0.5) is 11.5 Å². The van der Waals surface area contributed by atoms with Gasteiger partial charge in [0.1, 0.15) is 11.8 Å². The number of anilines is 1. The van der Waals surface area contributed by atoms with Crippen molar-refractivity contribution in [1.29, 1.82) is 5.26 Å². The molecule has 0 saturated carbocycles. The Labute approximate surface area is 169 Å². The van der Waals surface area contributed by atoms with Gasteiger partial charge in [0.2, 0.25) is 0 Å². The number of nitrogens with one attached hydrogen (secondary N) is 1. The molecule has 2 atom stereocenters. The number of nitro groups is 1. The maximum Gasteiger partial charge on any atom is 0.415 e. The molecule has 2 aliphatic rings. The summed E-state index contributed by atoms with van der Waals surface area (Å²) in [4.78, 5) is 16.8. The highest BCUT2D eigenvalue weighted by molar-refractivity contribution is 5.50. The molecular formula is C20H24N6O3. The van der Waals surface area contributed by atoms with E-state index < -0.39 is 10.5 Å². The van der Waals surface area contributed by atoms with Crippen molar-refractivity contribution < 1.29 is 9.66 Å². The van der Waals surface area contributed by atoms with Gasteiger partial charge < -0.3 is 25.1 Å². The van der Waals surface area contributed by atoms with Gasteiger partial charge in [-0.3, -0.25) is 4.57 Å². The maximum absolute atomic E-state index is 10.9. The molecule has 0 spiro atoms. The van der Waals surface area contributed by atoms with Crippen molar-refractivity contribution in [3.05, 3.63) is 46.1 Å². The third-order valence-corrected chi connectivity index (χ3v) is 6.06. The lowest BCUT2D eigenvalue weighted by atomic mass is 9.80. The van der Waals surface area contributed by atoms with E-state index in [4.69, 9.17) is 10.00 Å². The van der Waals surface area contributed by atoms with Crippen LogP contribution in [0.2, 0.25) is 0 Å². The Morgan fingerprint density at radius 1 is 1.38 bits per heavy atom. The van der Waals surface area contributed by atoms with Crippen LogP contribution in [0.15, 0.2) is 30.5 Å². The van der Waals surface area contributed by atoms with Gasteiger partial charge in [0.25, 0.3) is 0 Å². The summed E-state index contributed by atoms with van der Waals surface area (Å²) < 4.78 is 7.84. The molecule has 1 aromatic heterocycles. The second-order valence-electron chi connectivity index (χ2n) is 7.93. The van der Waals surface area contributed by atoms with Crippen LogP contribution in [-0.4, -0.2) is 46.3 Å². The minimum atomic E-state index is -0.506. The highest BCUT2D eigenvalue weighted by Crippen LogP contribution is 2.38. The normalized spacial score (nSPS) is 22.6. The van der Waals surface area contributed by atoms with Gasteiger partial charge >= 0.3 is 11.8 Å². The first kappa shape index (κ1) is 19.2. The standard InChI is InChI=1S/C20H24N6O3/c1-20(13-25-12-17(26(27)28)23-19(25)29-20)18(22-2)15-7-9-24(10-8-15)16-5-3-14(11-21)4-6-16/h3-6,12,15,18,22H,7-10,13H2,1-2H3/t18?,20-/m0/s1. The zero-order valence-corrected chi connectivity index (χ0v) is 16.5. The highest BCUT2D eigenvalue weighted by atomic mass is 16.6. The smallest absolute Gasteiger partial charge is 0.415 e. The quantitative estimate of drug-likeness (QED) is 0.610. The van der Waals surface area contributed by atoms with Crippen LogP contribution >= 0.6 is 0 Å². The summed E-state index contributed by atoms with van der Waals surface area (Å²) in [6.07, 6.45) is 3.46. The van der Waals surface area contributed by atoms with E-state index in [2.05, 4.69) is 21.3 Å². The maximum atomic E-state index is 10.9. The number of imidazole rings is 1. The van der Waals surface area contributed by atoms with Crippen LogP contribution in [0.3, 0.4) is 0 Å². The van der Waals surface area contributed by atoms with Gasteiger partial charge in [-0.1, -0.05) is 0 Å². The fraction of sp³-hybridized carbons (Fsp3) is 0.500. The first-order chi connectivity index (χ1) is 13.9. The number of nitrogens with zero attached hydrogens (tertiary/aromatic N) is 5. The topological polar surface area (TPSA) is 109 Å². The number of hydrogen-bond donors (Lipinski definition) is 1. The average molecular weight is 396 g/mol. The molecule has 3 heterocycles. The van der Waals surface area contributed by atoms with Crippen molar-refractivity contribution in [3.63, 3.8) is 0 Å². The van der Waals surface area contributed by atoms with Gasteiger partial charge in [-0.05, 0) is 61.9 Å². The molecular weight excluding hydrogens is 372 g/mol. The summed E-state index contributed by atoms with van der Waals surface area (Å²) in [7, 11) is 1.94. The summed E-state index contributed by atoms with van der Waals surface area (Å²) in [5.74, 6) is 0.234. The van der Waals surface area contributed by atoms with Gasteiger partial charge in [0.05, 0.1) is 24.2 Å². The molecule has 0 radical (unpaired) electrons. The summed E-state index contributed by atoms with van der Waals surface area (Å²) in [5, 5.41) is 23.3. The summed E-state index contributed by atoms with van der Waals surface area (Å²) >= 11 is 0. The number of piperidine rings is 1. The number of nitriles is 1. The molecule has 1 N–H and O–H groups in total. The van der Waals surface area contributed by atoms with Crippen molar-refractivity contribution in [2.24, 2.45) is 5.92 Å². The number of hydrogen-bond acceptors (Lipinski definition) is 7. The van der Waals surface area contributed by atoms with Crippen LogP contribution < -0.4 is 15.0 Å². The Morgan fingerprint density at radius 2 is 2.07 bits per heavy atom. The highest BCUT2D eigenvalue weighted by Gasteiger charge is 2.48. The van der Waals surface area contributed by atoms with Crippen molar-refractivity contribution in [3.8, 4) is 12.1 Å². The van der Waals surface area contributed by atoms with Crippen molar-refractivity contribution in [2.45, 2.75) is 38.0 Å². The Hall–Kier alpha value is -3.12. The molecule has 1 fully saturated rings. The summed E-state index contributed by atoms with van der Waals surface area (Å²) in [5.41, 5.74) is 1.30. The average Bonchev–Trinajstić information content (AvgIpc) is 3.25. The van der Waals surface area contributed by atoms with Gasteiger partial charge in [-0.25, -0.2) is 0 Å². The van der Waals surface area contributed by atoms with Gasteiger partial charge in [0.15, 0.2) is 0 Å². The van der Waals surface area contributed by atoms with E-state index in [0.717, 1.165) is 31.6 Å². The molecule has 9 heteroatoms. The second kappa shape index (κ2) is 7.37. The molecule has 1 aromatic carbocycles. The second-order valence-corrected chi connectivity index (χ2v) is 7.93. The van der Waals surface area contributed by atoms with Crippen LogP contribution in [0.25, 0.3) is 0 Å². The van der Waals surface area contributed by atoms with Gasteiger partial charge in [-0.15, -0.1) is 0 Å². The van der Waals surface area contributed by atoms with Gasteiger partial charge in [-0.2, -0.15) is 5.26 Å². The minimum Gasteiger partial charge on any atom is -0.436 e. The number of ether oxygens (including phenoxy) is 1. The predicted molar refractivity (Wildman–Crippen MR) is 107 cm³/mol. The predicted octanol–water partition coefficient (Wildman–Crippen LogP) is 2.32. The molecule has 0 amide bonds. The number of likely N-dealkylation sites (N-methyl/N-ethyl adjacent to an activating group) is 1. The lowest BCUT2D eigenvalue weighted by Crippen LogP contribution is -2.57. The van der Waals surface area contributed by atoms with Crippen LogP contribution in [0.1, 0.15) is 25.3 Å². The minimum absolute atomic E-state index is 0.103. The molecule has 9 nitrogen and oxygen atoms in total. The first-order valence-corrected chi connectivity index (χ1v) is 9.76. The Bertz CT molecular complexity index is 917. The third kappa shape index (κ3) is 3.51. The first-order valence-electron chi connectivity index (χ1n) is 9.76.